The highest BCUT2D eigenvalue weighted by Gasteiger charge is 2.12. The fourth-order valence-corrected chi connectivity index (χ4v) is 2.85. The average Bonchev–Trinajstić information content (AvgIpc) is 2.78. The van der Waals surface area contributed by atoms with Crippen molar-refractivity contribution in [1.82, 2.24) is 0 Å². The summed E-state index contributed by atoms with van der Waals surface area (Å²) in [6.07, 6.45) is 1.05. The van der Waals surface area contributed by atoms with Crippen LogP contribution in [0.4, 0.5) is 5.69 Å². The van der Waals surface area contributed by atoms with E-state index >= 15 is 0 Å². The van der Waals surface area contributed by atoms with Crippen LogP contribution in [0.1, 0.15) is 42.1 Å². The van der Waals surface area contributed by atoms with Crippen LogP contribution < -0.4 is 10.1 Å². The Labute approximate surface area is 176 Å². The van der Waals surface area contributed by atoms with Gasteiger partial charge >= 0.3 is 5.97 Å². The van der Waals surface area contributed by atoms with Crippen LogP contribution in [0.3, 0.4) is 0 Å². The van der Waals surface area contributed by atoms with E-state index in [4.69, 9.17) is 9.47 Å². The zero-order chi connectivity index (χ0) is 21.3. The Morgan fingerprint density at radius 2 is 1.60 bits per heavy atom. The molecule has 5 nitrogen and oxygen atoms in total. The minimum absolute atomic E-state index is 0.314. The molecule has 0 saturated heterocycles. The number of hydrogen-bond acceptors (Lipinski definition) is 4. The largest absolute Gasteiger partial charge is 0.457 e. The number of hydrogen-bond donors (Lipinski definition) is 1. The Balaban J connectivity index is 1.52. The van der Waals surface area contributed by atoms with E-state index in [9.17, 15) is 9.59 Å². The van der Waals surface area contributed by atoms with Crippen LogP contribution in [0.5, 0.6) is 11.5 Å². The number of nitrogens with one attached hydrogen (secondary N) is 1. The minimum Gasteiger partial charge on any atom is -0.457 e. The first kappa shape index (κ1) is 21.1. The van der Waals surface area contributed by atoms with Crippen molar-refractivity contribution in [1.29, 1.82) is 0 Å². The molecule has 0 saturated carbocycles. The molecule has 0 radical (unpaired) electrons. The van der Waals surface area contributed by atoms with Gasteiger partial charge in [0.25, 0.3) is 5.91 Å². The van der Waals surface area contributed by atoms with E-state index in [1.165, 1.54) is 5.56 Å². The SMILES string of the molecule is CC[C@H](C)c1ccc(NC(=O)COC(=O)c2cccc(Oc3ccccc3)c2)cc1. The van der Waals surface area contributed by atoms with E-state index in [0.29, 0.717) is 28.7 Å². The van der Waals surface area contributed by atoms with Crippen molar-refractivity contribution in [3.8, 4) is 11.5 Å². The number of para-hydroxylation sites is 1. The van der Waals surface area contributed by atoms with Gasteiger partial charge in [-0.25, -0.2) is 4.79 Å². The van der Waals surface area contributed by atoms with Crippen LogP contribution in [0.2, 0.25) is 0 Å². The van der Waals surface area contributed by atoms with Crippen LogP contribution in [0.25, 0.3) is 0 Å². The Morgan fingerprint density at radius 1 is 0.900 bits per heavy atom. The first-order chi connectivity index (χ1) is 14.5. The average molecular weight is 403 g/mol. The van der Waals surface area contributed by atoms with Crippen molar-refractivity contribution in [2.45, 2.75) is 26.2 Å². The van der Waals surface area contributed by atoms with Crippen molar-refractivity contribution in [2.75, 3.05) is 11.9 Å². The predicted octanol–water partition coefficient (Wildman–Crippen LogP) is 5.79. The Morgan fingerprint density at radius 3 is 2.30 bits per heavy atom. The lowest BCUT2D eigenvalue weighted by atomic mass is 9.99. The van der Waals surface area contributed by atoms with Gasteiger partial charge in [-0.3, -0.25) is 4.79 Å². The number of amides is 1. The summed E-state index contributed by atoms with van der Waals surface area (Å²) in [6, 6.07) is 23.6. The molecule has 0 bridgehead atoms. The topological polar surface area (TPSA) is 64.6 Å². The molecular formula is C25H25NO4. The molecule has 30 heavy (non-hydrogen) atoms. The molecule has 3 aromatic rings. The molecule has 0 aromatic heterocycles. The van der Waals surface area contributed by atoms with Crippen LogP contribution in [-0.2, 0) is 9.53 Å². The van der Waals surface area contributed by atoms with Crippen molar-refractivity contribution in [3.63, 3.8) is 0 Å². The van der Waals surface area contributed by atoms with Crippen LogP contribution in [0, 0.1) is 0 Å². The van der Waals surface area contributed by atoms with Gasteiger partial charge in [-0.1, -0.05) is 50.2 Å². The zero-order valence-electron chi connectivity index (χ0n) is 17.1. The number of rotatable bonds is 8. The lowest BCUT2D eigenvalue weighted by molar-refractivity contribution is -0.119. The van der Waals surface area contributed by atoms with E-state index in [1.54, 1.807) is 24.3 Å². The van der Waals surface area contributed by atoms with Gasteiger partial charge in [-0.05, 0) is 60.4 Å². The lowest BCUT2D eigenvalue weighted by Crippen LogP contribution is -2.20. The summed E-state index contributed by atoms with van der Waals surface area (Å²) >= 11 is 0. The van der Waals surface area contributed by atoms with Crippen LogP contribution >= 0.6 is 0 Å². The first-order valence-electron chi connectivity index (χ1n) is 9.95. The summed E-state index contributed by atoms with van der Waals surface area (Å²) in [5, 5.41) is 2.74. The smallest absolute Gasteiger partial charge is 0.338 e. The van der Waals surface area contributed by atoms with Crippen LogP contribution in [-0.4, -0.2) is 18.5 Å². The number of anilines is 1. The fourth-order valence-electron chi connectivity index (χ4n) is 2.85. The maximum Gasteiger partial charge on any atom is 0.338 e. The molecule has 154 valence electrons. The number of esters is 1. The maximum absolute atomic E-state index is 12.3. The highest BCUT2D eigenvalue weighted by Crippen LogP contribution is 2.22. The molecule has 0 spiro atoms. The summed E-state index contributed by atoms with van der Waals surface area (Å²) < 4.78 is 10.9. The Hall–Kier alpha value is -3.60. The molecule has 1 atom stereocenters. The molecule has 0 aliphatic carbocycles. The molecule has 3 rings (SSSR count). The van der Waals surface area contributed by atoms with Gasteiger partial charge in [0.2, 0.25) is 0 Å². The van der Waals surface area contributed by atoms with Gasteiger partial charge in [0, 0.05) is 5.69 Å². The van der Waals surface area contributed by atoms with Crippen molar-refractivity contribution >= 4 is 17.6 Å². The summed E-state index contributed by atoms with van der Waals surface area (Å²) in [6.45, 7) is 3.93. The van der Waals surface area contributed by atoms with Crippen LogP contribution in [0.15, 0.2) is 78.9 Å². The third kappa shape index (κ3) is 5.95. The quantitative estimate of drug-likeness (QED) is 0.484. The van der Waals surface area contributed by atoms with Crippen molar-refractivity contribution in [3.05, 3.63) is 90.0 Å². The summed E-state index contributed by atoms with van der Waals surface area (Å²) in [5.74, 6) is 0.674. The molecule has 0 aliphatic heterocycles. The normalized spacial score (nSPS) is 11.4. The Bertz CT molecular complexity index is 984. The fraction of sp³-hybridized carbons (Fsp3) is 0.200. The Kier molecular flexibility index (Phi) is 7.22. The molecule has 3 aromatic carbocycles. The lowest BCUT2D eigenvalue weighted by Gasteiger charge is -2.11. The number of carbonyl (C=O) groups excluding carboxylic acids is 2. The monoisotopic (exact) mass is 403 g/mol. The molecule has 1 N–H and O–H groups in total. The molecule has 5 heteroatoms. The molecular weight excluding hydrogens is 378 g/mol. The minimum atomic E-state index is -0.587. The third-order valence-electron chi connectivity index (χ3n) is 4.76. The van der Waals surface area contributed by atoms with Gasteiger partial charge in [0.1, 0.15) is 11.5 Å². The number of carbonyl (C=O) groups is 2. The van der Waals surface area contributed by atoms with Gasteiger partial charge in [0.15, 0.2) is 6.61 Å². The van der Waals surface area contributed by atoms with E-state index in [1.807, 2.05) is 54.6 Å². The van der Waals surface area contributed by atoms with E-state index in [0.717, 1.165) is 6.42 Å². The first-order valence-corrected chi connectivity index (χ1v) is 9.95. The van der Waals surface area contributed by atoms with Gasteiger partial charge in [-0.15, -0.1) is 0 Å². The molecule has 0 unspecified atom stereocenters. The van der Waals surface area contributed by atoms with Gasteiger partial charge in [0.05, 0.1) is 5.56 Å². The summed E-state index contributed by atoms with van der Waals surface area (Å²) in [7, 11) is 0. The zero-order valence-corrected chi connectivity index (χ0v) is 17.1. The van der Waals surface area contributed by atoms with E-state index in [-0.39, 0.29) is 6.61 Å². The maximum atomic E-state index is 12.3. The predicted molar refractivity (Wildman–Crippen MR) is 117 cm³/mol. The second kappa shape index (κ2) is 10.3. The summed E-state index contributed by atoms with van der Waals surface area (Å²) in [5.41, 5.74) is 2.20. The highest BCUT2D eigenvalue weighted by molar-refractivity contribution is 5.95. The van der Waals surface area contributed by atoms with Gasteiger partial charge in [-0.2, -0.15) is 0 Å². The number of benzene rings is 3. The second-order valence-corrected chi connectivity index (χ2v) is 7.00. The third-order valence-corrected chi connectivity index (χ3v) is 4.76. The number of ether oxygens (including phenoxy) is 2. The van der Waals surface area contributed by atoms with E-state index < -0.39 is 11.9 Å². The molecule has 0 fully saturated rings. The molecule has 1 amide bonds. The van der Waals surface area contributed by atoms with Crippen molar-refractivity contribution < 1.29 is 19.1 Å². The standard InChI is InChI=1S/C25H25NO4/c1-3-18(2)19-12-14-21(15-13-19)26-24(27)17-29-25(28)20-8-7-11-23(16-20)30-22-9-5-4-6-10-22/h4-16,18H,3,17H2,1-2H3,(H,26,27)/t18-/m0/s1. The van der Waals surface area contributed by atoms with Gasteiger partial charge < -0.3 is 14.8 Å². The summed E-state index contributed by atoms with van der Waals surface area (Å²) in [4.78, 5) is 24.4. The molecule has 0 aliphatic rings. The van der Waals surface area contributed by atoms with Crippen molar-refractivity contribution in [2.24, 2.45) is 0 Å². The molecule has 0 heterocycles. The second-order valence-electron chi connectivity index (χ2n) is 7.00. The highest BCUT2D eigenvalue weighted by atomic mass is 16.5. The van der Waals surface area contributed by atoms with E-state index in [2.05, 4.69) is 19.2 Å².